The Kier molecular flexibility index (Phi) is 2.75. The lowest BCUT2D eigenvalue weighted by Gasteiger charge is -2.61. The minimum atomic E-state index is 0.626. The fourth-order valence-electron chi connectivity index (χ4n) is 4.04. The van der Waals surface area contributed by atoms with E-state index in [1.54, 1.807) is 0 Å². The van der Waals surface area contributed by atoms with E-state index in [2.05, 4.69) is 18.7 Å². The third kappa shape index (κ3) is 1.80. The molecule has 0 amide bonds. The predicted octanol–water partition coefficient (Wildman–Crippen LogP) is 2.53. The van der Waals surface area contributed by atoms with Crippen molar-refractivity contribution in [3.8, 4) is 0 Å². The van der Waals surface area contributed by atoms with E-state index in [9.17, 15) is 0 Å². The Bertz CT molecular complexity index is 253. The normalized spacial score (nSPS) is 34.3. The van der Waals surface area contributed by atoms with E-state index in [0.717, 1.165) is 31.1 Å². The van der Waals surface area contributed by atoms with Gasteiger partial charge in [0.25, 0.3) is 0 Å². The van der Waals surface area contributed by atoms with Gasteiger partial charge in [-0.15, -0.1) is 0 Å². The molecule has 0 bridgehead atoms. The molecule has 2 heteroatoms. The lowest BCUT2D eigenvalue weighted by atomic mass is 9.62. The standard InChI is InChI=1S/C14H25NO/c1-11(2)13-14(5-7-16-8-6-14)10-15(13)9-12-3-4-12/h11-13H,3-10H2,1-2H3/t13-/m0/s1. The van der Waals surface area contributed by atoms with Crippen LogP contribution in [0.3, 0.4) is 0 Å². The molecular formula is C14H25NO. The van der Waals surface area contributed by atoms with Crippen LogP contribution in [0.4, 0.5) is 0 Å². The molecule has 3 aliphatic rings. The topological polar surface area (TPSA) is 12.5 Å². The molecule has 0 aromatic rings. The van der Waals surface area contributed by atoms with Gasteiger partial charge in [-0.3, -0.25) is 4.90 Å². The van der Waals surface area contributed by atoms with Crippen LogP contribution in [0, 0.1) is 17.3 Å². The molecule has 1 saturated carbocycles. The van der Waals surface area contributed by atoms with E-state index in [4.69, 9.17) is 4.74 Å². The van der Waals surface area contributed by atoms with Crippen molar-refractivity contribution in [3.63, 3.8) is 0 Å². The van der Waals surface area contributed by atoms with Crippen molar-refractivity contribution < 1.29 is 4.74 Å². The predicted molar refractivity (Wildman–Crippen MR) is 65.4 cm³/mol. The van der Waals surface area contributed by atoms with Crippen molar-refractivity contribution in [1.29, 1.82) is 0 Å². The Balaban J connectivity index is 1.66. The summed E-state index contributed by atoms with van der Waals surface area (Å²) in [7, 11) is 0. The summed E-state index contributed by atoms with van der Waals surface area (Å²) < 4.78 is 5.54. The zero-order valence-corrected chi connectivity index (χ0v) is 10.7. The minimum absolute atomic E-state index is 0.626. The van der Waals surface area contributed by atoms with Gasteiger partial charge in [0.15, 0.2) is 0 Å². The highest BCUT2D eigenvalue weighted by atomic mass is 16.5. The van der Waals surface area contributed by atoms with Gasteiger partial charge < -0.3 is 4.74 Å². The van der Waals surface area contributed by atoms with E-state index in [-0.39, 0.29) is 0 Å². The van der Waals surface area contributed by atoms with Gasteiger partial charge in [-0.2, -0.15) is 0 Å². The Morgan fingerprint density at radius 3 is 2.50 bits per heavy atom. The molecule has 2 heterocycles. The largest absolute Gasteiger partial charge is 0.381 e. The molecule has 1 atom stereocenters. The summed E-state index contributed by atoms with van der Waals surface area (Å²) in [6, 6.07) is 0.844. The first-order chi connectivity index (χ1) is 7.71. The third-order valence-electron chi connectivity index (χ3n) is 4.85. The number of hydrogen-bond acceptors (Lipinski definition) is 2. The zero-order valence-electron chi connectivity index (χ0n) is 10.7. The van der Waals surface area contributed by atoms with Gasteiger partial charge in [0.1, 0.15) is 0 Å². The van der Waals surface area contributed by atoms with Crippen LogP contribution in [0.5, 0.6) is 0 Å². The number of ether oxygens (including phenoxy) is 1. The molecule has 1 aliphatic carbocycles. The first kappa shape index (κ1) is 11.0. The number of rotatable bonds is 3. The average molecular weight is 223 g/mol. The molecule has 2 nitrogen and oxygen atoms in total. The van der Waals surface area contributed by atoms with Gasteiger partial charge in [0.2, 0.25) is 0 Å². The summed E-state index contributed by atoms with van der Waals surface area (Å²) in [6.07, 6.45) is 5.57. The molecule has 2 saturated heterocycles. The second kappa shape index (κ2) is 3.99. The van der Waals surface area contributed by atoms with E-state index in [0.29, 0.717) is 5.41 Å². The third-order valence-corrected chi connectivity index (χ3v) is 4.85. The molecule has 16 heavy (non-hydrogen) atoms. The van der Waals surface area contributed by atoms with E-state index >= 15 is 0 Å². The fraction of sp³-hybridized carbons (Fsp3) is 1.00. The van der Waals surface area contributed by atoms with E-state index in [1.165, 1.54) is 38.8 Å². The van der Waals surface area contributed by atoms with Gasteiger partial charge in [-0.05, 0) is 37.5 Å². The molecule has 0 aromatic heterocycles. The van der Waals surface area contributed by atoms with E-state index in [1.807, 2.05) is 0 Å². The van der Waals surface area contributed by atoms with Crippen molar-refractivity contribution >= 4 is 0 Å². The first-order valence-electron chi connectivity index (χ1n) is 7.03. The molecule has 0 radical (unpaired) electrons. The Morgan fingerprint density at radius 2 is 1.94 bits per heavy atom. The van der Waals surface area contributed by atoms with Crippen molar-refractivity contribution in [1.82, 2.24) is 4.90 Å². The first-order valence-corrected chi connectivity index (χ1v) is 7.03. The molecular weight excluding hydrogens is 198 g/mol. The number of nitrogens with zero attached hydrogens (tertiary/aromatic N) is 1. The molecule has 92 valence electrons. The van der Waals surface area contributed by atoms with Crippen LogP contribution < -0.4 is 0 Å². The second-order valence-electron chi connectivity index (χ2n) is 6.54. The van der Waals surface area contributed by atoms with Crippen LogP contribution >= 0.6 is 0 Å². The fourth-order valence-corrected chi connectivity index (χ4v) is 4.04. The van der Waals surface area contributed by atoms with Crippen molar-refractivity contribution in [2.75, 3.05) is 26.3 Å². The van der Waals surface area contributed by atoms with Crippen molar-refractivity contribution in [3.05, 3.63) is 0 Å². The van der Waals surface area contributed by atoms with Crippen LogP contribution in [0.15, 0.2) is 0 Å². The molecule has 0 N–H and O–H groups in total. The van der Waals surface area contributed by atoms with Crippen LogP contribution in [0.1, 0.15) is 39.5 Å². The monoisotopic (exact) mass is 223 g/mol. The molecule has 0 unspecified atom stereocenters. The average Bonchev–Trinajstić information content (AvgIpc) is 3.01. The molecule has 0 aromatic carbocycles. The SMILES string of the molecule is CC(C)[C@@H]1N(CC2CC2)CC12CCOCC2. The van der Waals surface area contributed by atoms with Crippen LogP contribution in [0.25, 0.3) is 0 Å². The van der Waals surface area contributed by atoms with Gasteiger partial charge >= 0.3 is 0 Å². The lowest BCUT2D eigenvalue weighted by Crippen LogP contribution is -2.68. The summed E-state index contributed by atoms with van der Waals surface area (Å²) in [5.74, 6) is 1.85. The Hall–Kier alpha value is -0.0800. The maximum absolute atomic E-state index is 5.54. The smallest absolute Gasteiger partial charge is 0.0472 e. The summed E-state index contributed by atoms with van der Waals surface area (Å²) in [5.41, 5.74) is 0.626. The van der Waals surface area contributed by atoms with E-state index < -0.39 is 0 Å². The Labute approximate surface area is 99.3 Å². The highest BCUT2D eigenvalue weighted by Crippen LogP contribution is 2.50. The molecule has 2 aliphatic heterocycles. The van der Waals surface area contributed by atoms with Crippen molar-refractivity contribution in [2.24, 2.45) is 17.3 Å². The summed E-state index contributed by atoms with van der Waals surface area (Å²) in [6.45, 7) is 9.55. The summed E-state index contributed by atoms with van der Waals surface area (Å²) >= 11 is 0. The van der Waals surface area contributed by atoms with Gasteiger partial charge in [0.05, 0.1) is 0 Å². The summed E-state index contributed by atoms with van der Waals surface area (Å²) in [4.78, 5) is 2.77. The zero-order chi connectivity index (χ0) is 11.2. The van der Waals surface area contributed by atoms with Gasteiger partial charge in [-0.25, -0.2) is 0 Å². The van der Waals surface area contributed by atoms with Gasteiger partial charge in [0, 0.05) is 37.8 Å². The van der Waals surface area contributed by atoms with Gasteiger partial charge in [-0.1, -0.05) is 13.8 Å². The van der Waals surface area contributed by atoms with Crippen LogP contribution in [0.2, 0.25) is 0 Å². The summed E-state index contributed by atoms with van der Waals surface area (Å²) in [5, 5.41) is 0. The van der Waals surface area contributed by atoms with Crippen LogP contribution in [-0.2, 0) is 4.74 Å². The molecule has 1 spiro atoms. The minimum Gasteiger partial charge on any atom is -0.381 e. The molecule has 3 rings (SSSR count). The number of likely N-dealkylation sites (tertiary alicyclic amines) is 1. The molecule has 3 fully saturated rings. The van der Waals surface area contributed by atoms with Crippen LogP contribution in [-0.4, -0.2) is 37.2 Å². The maximum atomic E-state index is 5.54. The highest BCUT2D eigenvalue weighted by Gasteiger charge is 2.54. The Morgan fingerprint density at radius 1 is 1.25 bits per heavy atom. The van der Waals surface area contributed by atoms with Crippen molar-refractivity contribution in [2.45, 2.75) is 45.6 Å². The second-order valence-corrected chi connectivity index (χ2v) is 6.54. The highest BCUT2D eigenvalue weighted by molar-refractivity contribution is 5.06. The number of hydrogen-bond donors (Lipinski definition) is 0. The lowest BCUT2D eigenvalue weighted by molar-refractivity contribution is -0.149. The maximum Gasteiger partial charge on any atom is 0.0472 e. The quantitative estimate of drug-likeness (QED) is 0.729.